The third kappa shape index (κ3) is 5.07. The summed E-state index contributed by atoms with van der Waals surface area (Å²) in [4.78, 5) is 23.2. The molecule has 1 unspecified atom stereocenters. The van der Waals surface area contributed by atoms with Crippen LogP contribution in [0, 0.1) is 11.3 Å². The smallest absolute Gasteiger partial charge is 0.240 e. The maximum Gasteiger partial charge on any atom is 0.240 e. The number of amides is 1. The van der Waals surface area contributed by atoms with Gasteiger partial charge in [-0.3, -0.25) is 4.79 Å². The number of thioether (sulfide) groups is 1. The number of carbonyl (C=O) groups excluding carboxylic acids is 1. The molecule has 0 bridgehead atoms. The van der Waals surface area contributed by atoms with Crippen molar-refractivity contribution in [2.75, 3.05) is 31.1 Å². The predicted molar refractivity (Wildman–Crippen MR) is 124 cm³/mol. The van der Waals surface area contributed by atoms with E-state index in [4.69, 9.17) is 0 Å². The molecule has 1 fully saturated rings. The van der Waals surface area contributed by atoms with Gasteiger partial charge in [0.05, 0.1) is 5.56 Å². The maximum absolute atomic E-state index is 13.6. The molecule has 0 aliphatic carbocycles. The van der Waals surface area contributed by atoms with Crippen molar-refractivity contribution in [2.24, 2.45) is 0 Å². The maximum atomic E-state index is 13.6. The minimum Gasteiger partial charge on any atom is -0.354 e. The van der Waals surface area contributed by atoms with E-state index in [0.29, 0.717) is 31.0 Å². The second kappa shape index (κ2) is 10.1. The molecule has 1 saturated heterocycles. The average Bonchev–Trinajstić information content (AvgIpc) is 3.09. The van der Waals surface area contributed by atoms with Crippen molar-refractivity contribution in [3.8, 4) is 6.07 Å². The normalized spacial score (nSPS) is 15.1. The topological polar surface area (TPSA) is 60.2 Å². The monoisotopic (exact) mass is 428 g/mol. The summed E-state index contributed by atoms with van der Waals surface area (Å²) in [7, 11) is 0. The molecule has 4 rings (SSSR count). The Labute approximate surface area is 187 Å². The summed E-state index contributed by atoms with van der Waals surface area (Å²) in [5.74, 6) is 0.834. The Morgan fingerprint density at radius 3 is 2.42 bits per heavy atom. The standard InChI is InChI=1S/C25H24N4OS/c26-19-21-11-7-14-27-24(21)28-15-8-16-29(18-17-28)25(30)23(20-9-3-1-4-10-20)31-22-12-5-2-6-13-22/h1-7,9-14,23H,8,15-18H2. The molecule has 0 spiro atoms. The molecule has 31 heavy (non-hydrogen) atoms. The van der Waals surface area contributed by atoms with Crippen molar-refractivity contribution in [1.29, 1.82) is 5.26 Å². The zero-order chi connectivity index (χ0) is 21.5. The summed E-state index contributed by atoms with van der Waals surface area (Å²) in [5, 5.41) is 9.12. The second-order valence-electron chi connectivity index (χ2n) is 7.37. The SMILES string of the molecule is N#Cc1cccnc1N1CCCN(C(=O)C(Sc2ccccc2)c2ccccc2)CC1. The van der Waals surface area contributed by atoms with Crippen LogP contribution in [0.2, 0.25) is 0 Å². The fraction of sp³-hybridized carbons (Fsp3) is 0.240. The van der Waals surface area contributed by atoms with E-state index in [0.717, 1.165) is 23.4 Å². The minimum atomic E-state index is -0.292. The molecule has 0 radical (unpaired) electrons. The molecular weight excluding hydrogens is 404 g/mol. The van der Waals surface area contributed by atoms with Crippen LogP contribution in [-0.4, -0.2) is 42.0 Å². The molecule has 1 aromatic heterocycles. The highest BCUT2D eigenvalue weighted by atomic mass is 32.2. The molecule has 5 nitrogen and oxygen atoms in total. The van der Waals surface area contributed by atoms with Crippen molar-refractivity contribution in [2.45, 2.75) is 16.6 Å². The Morgan fingerprint density at radius 2 is 1.68 bits per heavy atom. The van der Waals surface area contributed by atoms with Crippen molar-refractivity contribution >= 4 is 23.5 Å². The fourth-order valence-electron chi connectivity index (χ4n) is 3.78. The Morgan fingerprint density at radius 1 is 0.935 bits per heavy atom. The zero-order valence-electron chi connectivity index (χ0n) is 17.2. The first-order valence-electron chi connectivity index (χ1n) is 10.4. The third-order valence-electron chi connectivity index (χ3n) is 5.34. The van der Waals surface area contributed by atoms with E-state index in [1.165, 1.54) is 0 Å². The van der Waals surface area contributed by atoms with Crippen LogP contribution in [0.3, 0.4) is 0 Å². The second-order valence-corrected chi connectivity index (χ2v) is 8.55. The quantitative estimate of drug-likeness (QED) is 0.559. The molecule has 2 aromatic carbocycles. The Bertz CT molecular complexity index is 1050. The van der Waals surface area contributed by atoms with Crippen LogP contribution < -0.4 is 4.90 Å². The number of hydrogen-bond donors (Lipinski definition) is 0. The Kier molecular flexibility index (Phi) is 6.85. The summed E-state index contributed by atoms with van der Waals surface area (Å²) in [6, 6.07) is 25.9. The van der Waals surface area contributed by atoms with Gasteiger partial charge in [0.2, 0.25) is 5.91 Å². The van der Waals surface area contributed by atoms with Gasteiger partial charge in [-0.15, -0.1) is 11.8 Å². The molecule has 6 heteroatoms. The van der Waals surface area contributed by atoms with Gasteiger partial charge in [0.25, 0.3) is 0 Å². The van der Waals surface area contributed by atoms with Gasteiger partial charge >= 0.3 is 0 Å². The predicted octanol–water partition coefficient (Wildman–Crippen LogP) is 4.53. The van der Waals surface area contributed by atoms with Gasteiger partial charge in [-0.25, -0.2) is 4.98 Å². The Balaban J connectivity index is 1.53. The van der Waals surface area contributed by atoms with Gasteiger partial charge in [0.1, 0.15) is 17.1 Å². The van der Waals surface area contributed by atoms with Gasteiger partial charge in [-0.1, -0.05) is 48.5 Å². The number of nitrogens with zero attached hydrogens (tertiary/aromatic N) is 4. The average molecular weight is 429 g/mol. The van der Waals surface area contributed by atoms with E-state index in [1.54, 1.807) is 30.1 Å². The van der Waals surface area contributed by atoms with Crippen LogP contribution in [-0.2, 0) is 4.79 Å². The van der Waals surface area contributed by atoms with E-state index < -0.39 is 0 Å². The van der Waals surface area contributed by atoms with Crippen LogP contribution in [0.5, 0.6) is 0 Å². The molecule has 156 valence electrons. The van der Waals surface area contributed by atoms with Gasteiger partial charge < -0.3 is 9.80 Å². The first-order valence-corrected chi connectivity index (χ1v) is 11.3. The molecule has 3 aromatic rings. The number of nitriles is 1. The van der Waals surface area contributed by atoms with E-state index in [1.807, 2.05) is 65.6 Å². The number of aromatic nitrogens is 1. The first kappa shape index (κ1) is 21.0. The van der Waals surface area contributed by atoms with Crippen molar-refractivity contribution in [3.63, 3.8) is 0 Å². The number of carbonyl (C=O) groups is 1. The molecule has 0 N–H and O–H groups in total. The first-order chi connectivity index (χ1) is 15.3. The lowest BCUT2D eigenvalue weighted by Crippen LogP contribution is -2.37. The minimum absolute atomic E-state index is 0.128. The molecule has 1 amide bonds. The largest absolute Gasteiger partial charge is 0.354 e. The number of anilines is 1. The van der Waals surface area contributed by atoms with Gasteiger partial charge in [0.15, 0.2) is 0 Å². The molecule has 0 saturated carbocycles. The van der Waals surface area contributed by atoms with E-state index >= 15 is 0 Å². The van der Waals surface area contributed by atoms with Gasteiger partial charge in [0, 0.05) is 37.3 Å². The summed E-state index contributed by atoms with van der Waals surface area (Å²) in [6.45, 7) is 2.74. The van der Waals surface area contributed by atoms with Crippen molar-refractivity contribution in [3.05, 3.63) is 90.1 Å². The number of rotatable bonds is 5. The van der Waals surface area contributed by atoms with Gasteiger partial charge in [-0.2, -0.15) is 5.26 Å². The number of benzene rings is 2. The van der Waals surface area contributed by atoms with E-state index in [-0.39, 0.29) is 11.2 Å². The highest BCUT2D eigenvalue weighted by Gasteiger charge is 2.29. The van der Waals surface area contributed by atoms with Crippen LogP contribution in [0.1, 0.15) is 22.8 Å². The number of hydrogen-bond acceptors (Lipinski definition) is 5. The van der Waals surface area contributed by atoms with Crippen LogP contribution >= 0.6 is 11.8 Å². The number of pyridine rings is 1. The highest BCUT2D eigenvalue weighted by Crippen LogP contribution is 2.37. The Hall–Kier alpha value is -3.30. The lowest BCUT2D eigenvalue weighted by molar-refractivity contribution is -0.130. The summed E-state index contributed by atoms with van der Waals surface area (Å²) < 4.78 is 0. The molecule has 2 heterocycles. The third-order valence-corrected chi connectivity index (χ3v) is 6.59. The van der Waals surface area contributed by atoms with E-state index in [9.17, 15) is 10.1 Å². The van der Waals surface area contributed by atoms with Crippen LogP contribution in [0.15, 0.2) is 83.9 Å². The summed E-state index contributed by atoms with van der Waals surface area (Å²) in [5.41, 5.74) is 1.59. The fourth-order valence-corrected chi connectivity index (χ4v) is 4.91. The highest BCUT2D eigenvalue weighted by molar-refractivity contribution is 8.00. The zero-order valence-corrected chi connectivity index (χ0v) is 18.0. The van der Waals surface area contributed by atoms with Crippen LogP contribution in [0.4, 0.5) is 5.82 Å². The van der Waals surface area contributed by atoms with Gasteiger partial charge in [-0.05, 0) is 36.2 Å². The summed E-state index contributed by atoms with van der Waals surface area (Å²) in [6.07, 6.45) is 2.55. The molecular formula is C25H24N4OS. The summed E-state index contributed by atoms with van der Waals surface area (Å²) >= 11 is 1.59. The van der Waals surface area contributed by atoms with Crippen molar-refractivity contribution in [1.82, 2.24) is 9.88 Å². The lowest BCUT2D eigenvalue weighted by atomic mass is 10.1. The molecule has 1 aliphatic rings. The van der Waals surface area contributed by atoms with Crippen LogP contribution in [0.25, 0.3) is 0 Å². The molecule has 1 atom stereocenters. The molecule has 1 aliphatic heterocycles. The van der Waals surface area contributed by atoms with E-state index in [2.05, 4.69) is 16.0 Å². The lowest BCUT2D eigenvalue weighted by Gasteiger charge is -2.27. The van der Waals surface area contributed by atoms with Crippen molar-refractivity contribution < 1.29 is 4.79 Å².